The van der Waals surface area contributed by atoms with Gasteiger partial charge in [0.15, 0.2) is 0 Å². The molecule has 12 heavy (non-hydrogen) atoms. The van der Waals surface area contributed by atoms with Gasteiger partial charge in [-0.15, -0.1) is 0 Å². The van der Waals surface area contributed by atoms with E-state index in [0.717, 1.165) is 11.8 Å². The van der Waals surface area contributed by atoms with Gasteiger partial charge in [0.05, 0.1) is 0 Å². The van der Waals surface area contributed by atoms with Crippen LogP contribution in [0.5, 0.6) is 0 Å². The maximum absolute atomic E-state index is 9.22. The molecule has 2 heteroatoms. The van der Waals surface area contributed by atoms with Crippen molar-refractivity contribution < 1.29 is 4.79 Å². The molecule has 2 nitrogen and oxygen atoms in total. The molecule has 0 bridgehead atoms. The molecule has 1 saturated carbocycles. The average molecular weight is 171 g/mol. The van der Waals surface area contributed by atoms with Crippen LogP contribution in [0.1, 0.15) is 46.5 Å². The Morgan fingerprint density at radius 1 is 1.08 bits per heavy atom. The minimum atomic E-state index is -0.333. The molecule has 0 saturated heterocycles. The van der Waals surface area contributed by atoms with Gasteiger partial charge in [-0.25, -0.2) is 0 Å². The smallest absolute Gasteiger partial charge is 0.214 e. The lowest BCUT2D eigenvalue weighted by molar-refractivity contribution is -0.115. The van der Waals surface area contributed by atoms with Gasteiger partial charge >= 0.3 is 0 Å². The molecule has 72 valence electrons. The molecule has 0 aromatic rings. The summed E-state index contributed by atoms with van der Waals surface area (Å²) in [5.41, 5.74) is 4.47. The van der Waals surface area contributed by atoms with E-state index in [1.165, 1.54) is 32.6 Å². The summed E-state index contributed by atoms with van der Waals surface area (Å²) in [5, 5.41) is 0. The van der Waals surface area contributed by atoms with Crippen LogP contribution in [0.3, 0.4) is 0 Å². The van der Waals surface area contributed by atoms with Crippen molar-refractivity contribution in [3.05, 3.63) is 0 Å². The van der Waals surface area contributed by atoms with Crippen molar-refractivity contribution in [1.82, 2.24) is 0 Å². The molecule has 0 atom stereocenters. The summed E-state index contributed by atoms with van der Waals surface area (Å²) >= 11 is 0. The predicted molar refractivity (Wildman–Crippen MR) is 51.7 cm³/mol. The zero-order chi connectivity index (χ0) is 9.56. The molecule has 0 aromatic heterocycles. The second-order valence-electron chi connectivity index (χ2n) is 3.98. The van der Waals surface area contributed by atoms with Gasteiger partial charge in [-0.2, -0.15) is 0 Å². The van der Waals surface area contributed by atoms with Crippen LogP contribution in [0, 0.1) is 11.8 Å². The predicted octanol–water partition coefficient (Wildman–Crippen LogP) is 2.32. The largest absolute Gasteiger partial charge is 0.370 e. The SMILES string of the molecule is CC(N)=O.CC1CCC(C)CC1. The Morgan fingerprint density at radius 2 is 1.25 bits per heavy atom. The van der Waals surface area contributed by atoms with Crippen LogP contribution in [-0.2, 0) is 4.79 Å². The molecule has 0 unspecified atom stereocenters. The lowest BCUT2D eigenvalue weighted by atomic mass is 9.84. The molecule has 0 heterocycles. The number of carbonyl (C=O) groups is 1. The van der Waals surface area contributed by atoms with E-state index in [4.69, 9.17) is 0 Å². The summed E-state index contributed by atoms with van der Waals surface area (Å²) in [4.78, 5) is 9.22. The number of hydrogen-bond donors (Lipinski definition) is 1. The van der Waals surface area contributed by atoms with E-state index in [-0.39, 0.29) is 5.91 Å². The fourth-order valence-corrected chi connectivity index (χ4v) is 1.43. The molecule has 2 N–H and O–H groups in total. The van der Waals surface area contributed by atoms with Gasteiger partial charge in [-0.1, -0.05) is 39.5 Å². The molecular formula is C10H21NO. The third kappa shape index (κ3) is 7.58. The van der Waals surface area contributed by atoms with Gasteiger partial charge in [-0.05, 0) is 11.8 Å². The third-order valence-corrected chi connectivity index (χ3v) is 2.30. The Morgan fingerprint density at radius 3 is 1.42 bits per heavy atom. The number of hydrogen-bond acceptors (Lipinski definition) is 1. The van der Waals surface area contributed by atoms with Gasteiger partial charge in [0.1, 0.15) is 0 Å². The van der Waals surface area contributed by atoms with E-state index in [2.05, 4.69) is 19.6 Å². The topological polar surface area (TPSA) is 43.1 Å². The first-order valence-corrected chi connectivity index (χ1v) is 4.78. The van der Waals surface area contributed by atoms with Crippen molar-refractivity contribution in [3.63, 3.8) is 0 Å². The molecule has 1 rings (SSSR count). The Bertz CT molecular complexity index is 112. The van der Waals surface area contributed by atoms with Gasteiger partial charge in [0, 0.05) is 6.92 Å². The molecule has 0 spiro atoms. The van der Waals surface area contributed by atoms with E-state index in [9.17, 15) is 4.79 Å². The highest BCUT2D eigenvalue weighted by atomic mass is 16.1. The Kier molecular flexibility index (Phi) is 5.77. The van der Waals surface area contributed by atoms with E-state index in [1.54, 1.807) is 0 Å². The maximum Gasteiger partial charge on any atom is 0.214 e. The van der Waals surface area contributed by atoms with Crippen molar-refractivity contribution in [2.24, 2.45) is 17.6 Å². The van der Waals surface area contributed by atoms with Crippen molar-refractivity contribution >= 4 is 5.91 Å². The minimum absolute atomic E-state index is 0.333. The highest BCUT2D eigenvalue weighted by Gasteiger charge is 2.13. The summed E-state index contributed by atoms with van der Waals surface area (Å²) in [6.07, 6.45) is 5.89. The highest BCUT2D eigenvalue weighted by molar-refractivity contribution is 5.70. The lowest BCUT2D eigenvalue weighted by Crippen LogP contribution is -2.08. The van der Waals surface area contributed by atoms with Crippen LogP contribution in [0.4, 0.5) is 0 Å². The number of primary amides is 1. The summed E-state index contributed by atoms with van der Waals surface area (Å²) in [6, 6.07) is 0. The quantitative estimate of drug-likeness (QED) is 0.597. The van der Waals surface area contributed by atoms with Gasteiger partial charge in [0.2, 0.25) is 5.91 Å². The summed E-state index contributed by atoms with van der Waals surface area (Å²) in [6.45, 7) is 6.04. The summed E-state index contributed by atoms with van der Waals surface area (Å²) in [5.74, 6) is 1.71. The standard InChI is InChI=1S/C8H16.C2H5NO/c1-7-3-5-8(2)6-4-7;1-2(3)4/h7-8H,3-6H2,1-2H3;1H3,(H2,3,4). The molecule has 1 aliphatic rings. The summed E-state index contributed by atoms with van der Waals surface area (Å²) < 4.78 is 0. The van der Waals surface area contributed by atoms with Gasteiger partial charge in [0.25, 0.3) is 0 Å². The van der Waals surface area contributed by atoms with Crippen molar-refractivity contribution in [2.45, 2.75) is 46.5 Å². The molecule has 1 amide bonds. The first kappa shape index (κ1) is 11.5. The zero-order valence-corrected chi connectivity index (χ0v) is 8.47. The Labute approximate surface area is 75.5 Å². The van der Waals surface area contributed by atoms with Gasteiger partial charge in [-0.3, -0.25) is 4.79 Å². The number of rotatable bonds is 0. The van der Waals surface area contributed by atoms with E-state index in [0.29, 0.717) is 0 Å². The average Bonchev–Trinajstić information content (AvgIpc) is 1.94. The highest BCUT2D eigenvalue weighted by Crippen LogP contribution is 2.27. The van der Waals surface area contributed by atoms with Crippen molar-refractivity contribution in [2.75, 3.05) is 0 Å². The van der Waals surface area contributed by atoms with E-state index >= 15 is 0 Å². The molecule has 0 aliphatic heterocycles. The second kappa shape index (κ2) is 6.04. The number of nitrogens with two attached hydrogens (primary N) is 1. The van der Waals surface area contributed by atoms with Crippen LogP contribution in [-0.4, -0.2) is 5.91 Å². The maximum atomic E-state index is 9.22. The van der Waals surface area contributed by atoms with Crippen LogP contribution >= 0.6 is 0 Å². The van der Waals surface area contributed by atoms with Gasteiger partial charge < -0.3 is 5.73 Å². The Balaban J connectivity index is 0.000000261. The van der Waals surface area contributed by atoms with Crippen LogP contribution in [0.15, 0.2) is 0 Å². The molecular weight excluding hydrogens is 150 g/mol. The number of carbonyl (C=O) groups excluding carboxylic acids is 1. The monoisotopic (exact) mass is 171 g/mol. The zero-order valence-electron chi connectivity index (χ0n) is 8.47. The van der Waals surface area contributed by atoms with E-state index < -0.39 is 0 Å². The van der Waals surface area contributed by atoms with E-state index in [1.807, 2.05) is 0 Å². The first-order chi connectivity index (χ1) is 5.52. The second-order valence-corrected chi connectivity index (χ2v) is 3.98. The lowest BCUT2D eigenvalue weighted by Gasteiger charge is -2.22. The third-order valence-electron chi connectivity index (χ3n) is 2.30. The fourth-order valence-electron chi connectivity index (χ4n) is 1.43. The molecule has 0 aromatic carbocycles. The fraction of sp³-hybridized carbons (Fsp3) is 0.900. The normalized spacial score (nSPS) is 28.6. The Hall–Kier alpha value is -0.530. The van der Waals surface area contributed by atoms with Crippen molar-refractivity contribution in [3.8, 4) is 0 Å². The molecule has 1 aliphatic carbocycles. The molecule has 0 radical (unpaired) electrons. The van der Waals surface area contributed by atoms with Crippen LogP contribution < -0.4 is 5.73 Å². The first-order valence-electron chi connectivity index (χ1n) is 4.78. The number of amides is 1. The minimum Gasteiger partial charge on any atom is -0.370 e. The molecule has 1 fully saturated rings. The van der Waals surface area contributed by atoms with Crippen LogP contribution in [0.2, 0.25) is 0 Å². The van der Waals surface area contributed by atoms with Crippen molar-refractivity contribution in [1.29, 1.82) is 0 Å². The summed E-state index contributed by atoms with van der Waals surface area (Å²) in [7, 11) is 0. The van der Waals surface area contributed by atoms with Crippen LogP contribution in [0.25, 0.3) is 0 Å².